The zero-order valence-electron chi connectivity index (χ0n) is 19.4. The van der Waals surface area contributed by atoms with Gasteiger partial charge in [0.15, 0.2) is 5.82 Å². The molecule has 0 bridgehead atoms. The van der Waals surface area contributed by atoms with E-state index in [0.29, 0.717) is 22.1 Å². The molecule has 4 rings (SSSR count). The minimum atomic E-state index is -0.647. The van der Waals surface area contributed by atoms with E-state index < -0.39 is 5.91 Å². The fourth-order valence-electron chi connectivity index (χ4n) is 3.43. The van der Waals surface area contributed by atoms with Crippen molar-refractivity contribution in [2.45, 2.75) is 12.8 Å². The van der Waals surface area contributed by atoms with Gasteiger partial charge in [-0.2, -0.15) is 0 Å². The number of anilines is 1. The van der Waals surface area contributed by atoms with Gasteiger partial charge in [-0.05, 0) is 51.7 Å². The lowest BCUT2D eigenvalue weighted by Crippen LogP contribution is -2.17. The van der Waals surface area contributed by atoms with Gasteiger partial charge < -0.3 is 16.0 Å². The molecular formula is C25H25N7O2S. The topological polar surface area (TPSA) is 127 Å². The number of benzene rings is 2. The van der Waals surface area contributed by atoms with Crippen molar-refractivity contribution in [2.75, 3.05) is 26.0 Å². The molecule has 9 nitrogen and oxygen atoms in total. The number of aryl methyl sites for hydroxylation is 1. The van der Waals surface area contributed by atoms with Gasteiger partial charge in [-0.25, -0.2) is 9.97 Å². The molecule has 0 aliphatic carbocycles. The Morgan fingerprint density at radius 1 is 1.00 bits per heavy atom. The fraction of sp³-hybridized carbons (Fsp3) is 0.200. The average Bonchev–Trinajstić information content (AvgIpc) is 3.35. The minimum absolute atomic E-state index is 0.104. The van der Waals surface area contributed by atoms with E-state index in [9.17, 15) is 9.59 Å². The number of amides is 2. The van der Waals surface area contributed by atoms with Gasteiger partial charge >= 0.3 is 0 Å². The SMILES string of the molecule is CN(C)CCCc1cc(C(=O)Nc2ccccc2-c2nnc(C(N)=O)s2)nc(-c2ccccc2)n1. The van der Waals surface area contributed by atoms with Crippen LogP contribution in [0.5, 0.6) is 0 Å². The molecule has 10 heteroatoms. The summed E-state index contributed by atoms with van der Waals surface area (Å²) in [6, 6.07) is 18.5. The van der Waals surface area contributed by atoms with Crippen LogP contribution in [0.15, 0.2) is 60.7 Å². The molecule has 0 atom stereocenters. The van der Waals surface area contributed by atoms with Crippen LogP contribution in [0.4, 0.5) is 5.69 Å². The molecule has 35 heavy (non-hydrogen) atoms. The summed E-state index contributed by atoms with van der Waals surface area (Å²) in [6.07, 6.45) is 1.62. The third kappa shape index (κ3) is 6.11. The van der Waals surface area contributed by atoms with Crippen molar-refractivity contribution in [1.82, 2.24) is 25.1 Å². The number of aromatic nitrogens is 4. The highest BCUT2D eigenvalue weighted by molar-refractivity contribution is 7.16. The number of para-hydroxylation sites is 1. The van der Waals surface area contributed by atoms with Gasteiger partial charge in [0.1, 0.15) is 10.7 Å². The second kappa shape index (κ2) is 10.9. The van der Waals surface area contributed by atoms with Gasteiger partial charge in [-0.15, -0.1) is 10.2 Å². The second-order valence-electron chi connectivity index (χ2n) is 8.12. The van der Waals surface area contributed by atoms with Crippen molar-refractivity contribution in [3.05, 3.63) is 77.1 Å². The molecule has 0 saturated carbocycles. The molecule has 0 aliphatic rings. The third-order valence-electron chi connectivity index (χ3n) is 5.12. The van der Waals surface area contributed by atoms with Crippen LogP contribution in [-0.4, -0.2) is 57.5 Å². The summed E-state index contributed by atoms with van der Waals surface area (Å²) >= 11 is 1.07. The molecule has 0 spiro atoms. The first-order chi connectivity index (χ1) is 16.9. The Bertz CT molecular complexity index is 1340. The summed E-state index contributed by atoms with van der Waals surface area (Å²) in [5.74, 6) is -0.515. The maximum Gasteiger partial charge on any atom is 0.279 e. The van der Waals surface area contributed by atoms with Gasteiger partial charge in [-0.1, -0.05) is 53.8 Å². The van der Waals surface area contributed by atoms with Gasteiger partial charge in [0.25, 0.3) is 11.8 Å². The van der Waals surface area contributed by atoms with Crippen LogP contribution < -0.4 is 11.1 Å². The Morgan fingerprint density at radius 3 is 2.46 bits per heavy atom. The number of rotatable bonds is 9. The van der Waals surface area contributed by atoms with Crippen molar-refractivity contribution in [2.24, 2.45) is 5.73 Å². The van der Waals surface area contributed by atoms with Crippen LogP contribution in [0.3, 0.4) is 0 Å². The van der Waals surface area contributed by atoms with Crippen molar-refractivity contribution in [3.63, 3.8) is 0 Å². The molecule has 0 fully saturated rings. The van der Waals surface area contributed by atoms with E-state index in [2.05, 4.69) is 25.4 Å². The summed E-state index contributed by atoms with van der Waals surface area (Å²) in [5.41, 5.74) is 8.37. The molecule has 2 heterocycles. The van der Waals surface area contributed by atoms with Crippen molar-refractivity contribution < 1.29 is 9.59 Å². The number of nitrogens with one attached hydrogen (secondary N) is 1. The number of carbonyl (C=O) groups is 2. The summed E-state index contributed by atoms with van der Waals surface area (Å²) in [7, 11) is 4.05. The lowest BCUT2D eigenvalue weighted by Gasteiger charge is -2.12. The van der Waals surface area contributed by atoms with E-state index in [1.807, 2.05) is 50.5 Å². The van der Waals surface area contributed by atoms with Crippen molar-refractivity contribution >= 4 is 28.8 Å². The molecule has 0 saturated heterocycles. The van der Waals surface area contributed by atoms with Crippen LogP contribution in [0, 0.1) is 0 Å². The Morgan fingerprint density at radius 2 is 1.74 bits per heavy atom. The summed E-state index contributed by atoms with van der Waals surface area (Å²) in [5, 5.41) is 11.4. The first-order valence-corrected chi connectivity index (χ1v) is 11.8. The number of nitrogens with zero attached hydrogens (tertiary/aromatic N) is 5. The smallest absolute Gasteiger partial charge is 0.279 e. The van der Waals surface area contributed by atoms with Crippen LogP contribution in [0.2, 0.25) is 0 Å². The number of hydrogen-bond acceptors (Lipinski definition) is 8. The van der Waals surface area contributed by atoms with E-state index in [4.69, 9.17) is 10.7 Å². The lowest BCUT2D eigenvalue weighted by atomic mass is 10.1. The molecule has 2 aromatic heterocycles. The monoisotopic (exact) mass is 487 g/mol. The highest BCUT2D eigenvalue weighted by atomic mass is 32.1. The normalized spacial score (nSPS) is 10.9. The van der Waals surface area contributed by atoms with Crippen LogP contribution >= 0.6 is 11.3 Å². The summed E-state index contributed by atoms with van der Waals surface area (Å²) in [6.45, 7) is 0.911. The molecule has 0 aliphatic heterocycles. The number of carbonyl (C=O) groups excluding carboxylic acids is 2. The van der Waals surface area contributed by atoms with Crippen molar-refractivity contribution in [3.8, 4) is 22.0 Å². The molecule has 2 amide bonds. The van der Waals surface area contributed by atoms with E-state index >= 15 is 0 Å². The first kappa shape index (κ1) is 24.1. The maximum atomic E-state index is 13.3. The molecule has 3 N–H and O–H groups in total. The van der Waals surface area contributed by atoms with Crippen LogP contribution in [0.1, 0.15) is 32.4 Å². The molecule has 0 radical (unpaired) electrons. The number of nitrogens with two attached hydrogens (primary N) is 1. The highest BCUT2D eigenvalue weighted by Crippen LogP contribution is 2.30. The van der Waals surface area contributed by atoms with Gasteiger partial charge in [0.2, 0.25) is 5.01 Å². The summed E-state index contributed by atoms with van der Waals surface area (Å²) < 4.78 is 0. The predicted octanol–water partition coefficient (Wildman–Crippen LogP) is 3.51. The minimum Gasteiger partial charge on any atom is -0.363 e. The van der Waals surface area contributed by atoms with Gasteiger partial charge in [-0.3, -0.25) is 9.59 Å². The second-order valence-corrected chi connectivity index (χ2v) is 9.09. The first-order valence-electron chi connectivity index (χ1n) is 11.0. The quantitative estimate of drug-likeness (QED) is 0.370. The number of hydrogen-bond donors (Lipinski definition) is 2. The zero-order valence-corrected chi connectivity index (χ0v) is 20.2. The molecule has 0 unspecified atom stereocenters. The Labute approximate surface area is 207 Å². The molecular weight excluding hydrogens is 462 g/mol. The zero-order chi connectivity index (χ0) is 24.8. The predicted molar refractivity (Wildman–Crippen MR) is 136 cm³/mol. The Balaban J connectivity index is 1.64. The average molecular weight is 488 g/mol. The fourth-order valence-corrected chi connectivity index (χ4v) is 4.17. The van der Waals surface area contributed by atoms with E-state index in [0.717, 1.165) is 42.0 Å². The van der Waals surface area contributed by atoms with Crippen molar-refractivity contribution in [1.29, 1.82) is 0 Å². The maximum absolute atomic E-state index is 13.3. The molecule has 178 valence electrons. The van der Waals surface area contributed by atoms with E-state index in [1.165, 1.54) is 0 Å². The van der Waals surface area contributed by atoms with E-state index in [1.54, 1.807) is 24.3 Å². The van der Waals surface area contributed by atoms with Gasteiger partial charge in [0.05, 0.1) is 5.69 Å². The standard InChI is InChI=1S/C25H25N7O2S/c1-32(2)14-8-11-17-15-20(28-22(27-17)16-9-4-3-5-10-16)23(34)29-19-13-7-6-12-18(19)24-30-31-25(35-24)21(26)33/h3-7,9-10,12-13,15H,8,11,14H2,1-2H3,(H2,26,33)(H,29,34). The summed E-state index contributed by atoms with van der Waals surface area (Å²) in [4.78, 5) is 36.1. The Kier molecular flexibility index (Phi) is 7.54. The molecule has 4 aromatic rings. The van der Waals surface area contributed by atoms with Gasteiger partial charge in [0, 0.05) is 16.8 Å². The van der Waals surface area contributed by atoms with Crippen LogP contribution in [-0.2, 0) is 6.42 Å². The Hall–Kier alpha value is -4.02. The largest absolute Gasteiger partial charge is 0.363 e. The lowest BCUT2D eigenvalue weighted by molar-refractivity contribution is 0.0996. The third-order valence-corrected chi connectivity index (χ3v) is 6.09. The highest BCUT2D eigenvalue weighted by Gasteiger charge is 2.18. The number of primary amides is 1. The molecule has 2 aromatic carbocycles. The van der Waals surface area contributed by atoms with Crippen LogP contribution in [0.25, 0.3) is 22.0 Å². The van der Waals surface area contributed by atoms with E-state index in [-0.39, 0.29) is 16.6 Å².